The molecule has 1 saturated carbocycles. The van der Waals surface area contributed by atoms with Crippen LogP contribution in [-0.2, 0) is 9.59 Å². The molecule has 0 aromatic carbocycles. The van der Waals surface area contributed by atoms with E-state index < -0.39 is 12.0 Å². The van der Waals surface area contributed by atoms with Crippen LogP contribution in [-0.4, -0.2) is 46.6 Å². The summed E-state index contributed by atoms with van der Waals surface area (Å²) < 4.78 is 0. The Hall–Kier alpha value is -1.10. The summed E-state index contributed by atoms with van der Waals surface area (Å²) in [5, 5.41) is 11.8. The first-order chi connectivity index (χ1) is 8.59. The topological polar surface area (TPSA) is 69.6 Å². The Labute approximate surface area is 108 Å². The van der Waals surface area contributed by atoms with Gasteiger partial charge in [-0.2, -0.15) is 0 Å². The van der Waals surface area contributed by atoms with Gasteiger partial charge >= 0.3 is 5.97 Å². The largest absolute Gasteiger partial charge is 0.481 e. The van der Waals surface area contributed by atoms with E-state index in [4.69, 9.17) is 5.11 Å². The smallest absolute Gasteiger partial charge is 0.305 e. The van der Waals surface area contributed by atoms with Crippen molar-refractivity contribution >= 4 is 11.9 Å². The van der Waals surface area contributed by atoms with E-state index in [2.05, 4.69) is 17.1 Å². The Balaban J connectivity index is 2.13. The van der Waals surface area contributed by atoms with Gasteiger partial charge in [0.2, 0.25) is 5.91 Å². The van der Waals surface area contributed by atoms with Gasteiger partial charge in [0.25, 0.3) is 0 Å². The second-order valence-corrected chi connectivity index (χ2v) is 5.45. The highest BCUT2D eigenvalue weighted by molar-refractivity contribution is 5.86. The van der Waals surface area contributed by atoms with E-state index in [1.54, 1.807) is 0 Å². The van der Waals surface area contributed by atoms with Crippen LogP contribution in [0, 0.1) is 0 Å². The number of amides is 1. The molecule has 5 nitrogen and oxygen atoms in total. The van der Waals surface area contributed by atoms with E-state index in [1.165, 1.54) is 19.3 Å². The first-order valence-electron chi connectivity index (χ1n) is 6.86. The van der Waals surface area contributed by atoms with Gasteiger partial charge in [0.1, 0.15) is 6.04 Å². The molecule has 0 aromatic heterocycles. The van der Waals surface area contributed by atoms with Crippen LogP contribution in [0.3, 0.4) is 0 Å². The van der Waals surface area contributed by atoms with E-state index in [-0.39, 0.29) is 18.4 Å². The summed E-state index contributed by atoms with van der Waals surface area (Å²) in [4.78, 5) is 25.0. The van der Waals surface area contributed by atoms with Crippen LogP contribution in [0.1, 0.15) is 45.4 Å². The molecular formula is C13H22N2O3. The Morgan fingerprint density at radius 1 is 1.39 bits per heavy atom. The first-order valence-corrected chi connectivity index (χ1v) is 6.86. The lowest BCUT2D eigenvalue weighted by molar-refractivity contribution is -0.145. The van der Waals surface area contributed by atoms with Crippen LogP contribution >= 0.6 is 0 Å². The van der Waals surface area contributed by atoms with Crippen LogP contribution in [0.2, 0.25) is 0 Å². The molecule has 2 atom stereocenters. The van der Waals surface area contributed by atoms with E-state index in [0.717, 1.165) is 12.8 Å². The standard InChI is InChI=1S/C13H22N2O3/c1-9-8-14-13(18)11(7-12(16)17)15(9)10-5-3-2-4-6-10/h9-11H,2-8H2,1H3,(H,14,18)(H,16,17). The summed E-state index contributed by atoms with van der Waals surface area (Å²) in [5.74, 6) is -1.02. The Morgan fingerprint density at radius 3 is 2.67 bits per heavy atom. The Bertz CT molecular complexity index is 326. The quantitative estimate of drug-likeness (QED) is 0.788. The monoisotopic (exact) mass is 254 g/mol. The van der Waals surface area contributed by atoms with Gasteiger partial charge in [-0.25, -0.2) is 0 Å². The van der Waals surface area contributed by atoms with Crippen molar-refractivity contribution in [1.29, 1.82) is 0 Å². The molecule has 2 N–H and O–H groups in total. The molecule has 1 amide bonds. The van der Waals surface area contributed by atoms with Crippen molar-refractivity contribution in [2.75, 3.05) is 6.54 Å². The normalized spacial score (nSPS) is 31.1. The lowest BCUT2D eigenvalue weighted by atomic mass is 9.90. The van der Waals surface area contributed by atoms with E-state index >= 15 is 0 Å². The lowest BCUT2D eigenvalue weighted by Crippen LogP contribution is -2.63. The molecule has 2 fully saturated rings. The maximum atomic E-state index is 11.9. The highest BCUT2D eigenvalue weighted by atomic mass is 16.4. The molecular weight excluding hydrogens is 232 g/mol. The summed E-state index contributed by atoms with van der Waals surface area (Å²) in [5.41, 5.74) is 0. The molecule has 1 aliphatic carbocycles. The number of hydrogen-bond donors (Lipinski definition) is 2. The predicted molar refractivity (Wildman–Crippen MR) is 67.2 cm³/mol. The fourth-order valence-corrected chi connectivity index (χ4v) is 3.27. The minimum Gasteiger partial charge on any atom is -0.481 e. The van der Waals surface area contributed by atoms with E-state index in [1.807, 2.05) is 0 Å². The lowest BCUT2D eigenvalue weighted by Gasteiger charge is -2.45. The van der Waals surface area contributed by atoms with Crippen LogP contribution in [0.25, 0.3) is 0 Å². The van der Waals surface area contributed by atoms with Gasteiger partial charge in [-0.3, -0.25) is 14.5 Å². The third-order valence-electron chi connectivity index (χ3n) is 4.11. The van der Waals surface area contributed by atoms with Gasteiger partial charge in [0, 0.05) is 18.6 Å². The van der Waals surface area contributed by atoms with Gasteiger partial charge in [-0.05, 0) is 19.8 Å². The van der Waals surface area contributed by atoms with Crippen LogP contribution in [0.5, 0.6) is 0 Å². The highest BCUT2D eigenvalue weighted by Gasteiger charge is 2.39. The maximum Gasteiger partial charge on any atom is 0.305 e. The minimum atomic E-state index is -0.898. The molecule has 0 aromatic rings. The third kappa shape index (κ3) is 2.83. The molecule has 1 aliphatic heterocycles. The van der Waals surface area contributed by atoms with Crippen molar-refractivity contribution in [3.05, 3.63) is 0 Å². The molecule has 0 bridgehead atoms. The zero-order chi connectivity index (χ0) is 13.1. The van der Waals surface area contributed by atoms with Gasteiger partial charge in [-0.15, -0.1) is 0 Å². The molecule has 0 radical (unpaired) electrons. The number of carboxylic acids is 1. The average Bonchev–Trinajstić information content (AvgIpc) is 2.35. The third-order valence-corrected chi connectivity index (χ3v) is 4.11. The van der Waals surface area contributed by atoms with Gasteiger partial charge < -0.3 is 10.4 Å². The van der Waals surface area contributed by atoms with E-state index in [0.29, 0.717) is 12.6 Å². The van der Waals surface area contributed by atoms with Crippen molar-refractivity contribution in [2.45, 2.75) is 63.6 Å². The molecule has 102 valence electrons. The maximum absolute atomic E-state index is 11.9. The summed E-state index contributed by atoms with van der Waals surface area (Å²) in [6.45, 7) is 2.70. The molecule has 18 heavy (non-hydrogen) atoms. The van der Waals surface area contributed by atoms with E-state index in [9.17, 15) is 9.59 Å². The number of rotatable bonds is 3. The molecule has 5 heteroatoms. The second-order valence-electron chi connectivity index (χ2n) is 5.45. The Kier molecular flexibility index (Phi) is 4.22. The number of nitrogens with one attached hydrogen (secondary N) is 1. The van der Waals surface area contributed by atoms with Crippen LogP contribution in [0.15, 0.2) is 0 Å². The molecule has 1 saturated heterocycles. The number of nitrogens with zero attached hydrogens (tertiary/aromatic N) is 1. The van der Waals surface area contributed by atoms with Gasteiger partial charge in [0.15, 0.2) is 0 Å². The van der Waals surface area contributed by atoms with Crippen LogP contribution < -0.4 is 5.32 Å². The Morgan fingerprint density at radius 2 is 2.06 bits per heavy atom. The number of carbonyl (C=O) groups excluding carboxylic acids is 1. The number of hydrogen-bond acceptors (Lipinski definition) is 3. The van der Waals surface area contributed by atoms with Crippen molar-refractivity contribution in [3.63, 3.8) is 0 Å². The summed E-state index contributed by atoms with van der Waals surface area (Å²) in [6.07, 6.45) is 5.73. The van der Waals surface area contributed by atoms with Crippen LogP contribution in [0.4, 0.5) is 0 Å². The summed E-state index contributed by atoms with van der Waals surface area (Å²) in [6, 6.07) is 0.119. The SMILES string of the molecule is CC1CNC(=O)C(CC(=O)O)N1C1CCCCC1. The first kappa shape index (κ1) is 13.3. The van der Waals surface area contributed by atoms with Crippen molar-refractivity contribution in [1.82, 2.24) is 10.2 Å². The summed E-state index contributed by atoms with van der Waals surface area (Å²) in [7, 11) is 0. The molecule has 2 rings (SSSR count). The molecule has 0 spiro atoms. The molecule has 1 heterocycles. The minimum absolute atomic E-state index is 0.0906. The van der Waals surface area contributed by atoms with Crippen molar-refractivity contribution in [3.8, 4) is 0 Å². The van der Waals surface area contributed by atoms with Gasteiger partial charge in [0.05, 0.1) is 6.42 Å². The summed E-state index contributed by atoms with van der Waals surface area (Å²) >= 11 is 0. The highest BCUT2D eigenvalue weighted by Crippen LogP contribution is 2.28. The number of carbonyl (C=O) groups is 2. The fourth-order valence-electron chi connectivity index (χ4n) is 3.27. The predicted octanol–water partition coefficient (Wildman–Crippen LogP) is 0.983. The zero-order valence-corrected chi connectivity index (χ0v) is 10.9. The molecule has 2 aliphatic rings. The number of piperazine rings is 1. The zero-order valence-electron chi connectivity index (χ0n) is 10.9. The number of carboxylic acid groups (broad SMARTS) is 1. The number of aliphatic carboxylic acids is 1. The van der Waals surface area contributed by atoms with Gasteiger partial charge in [-0.1, -0.05) is 19.3 Å². The fraction of sp³-hybridized carbons (Fsp3) is 0.846. The van der Waals surface area contributed by atoms with Crippen molar-refractivity contribution in [2.24, 2.45) is 0 Å². The molecule has 2 unspecified atom stereocenters. The second kappa shape index (κ2) is 5.69. The average molecular weight is 254 g/mol. The van der Waals surface area contributed by atoms with Crippen molar-refractivity contribution < 1.29 is 14.7 Å².